The normalized spacial score (nSPS) is 12.6. The van der Waals surface area contributed by atoms with Crippen LogP contribution in [0.15, 0.2) is 72.9 Å². The minimum atomic E-state index is -0.790. The fourth-order valence-electron chi connectivity index (χ4n) is 8.33. The van der Waals surface area contributed by atoms with Gasteiger partial charge in [0.25, 0.3) is 0 Å². The van der Waals surface area contributed by atoms with Crippen molar-refractivity contribution in [2.75, 3.05) is 13.2 Å². The van der Waals surface area contributed by atoms with Crippen molar-refractivity contribution >= 4 is 17.9 Å². The molecule has 0 N–H and O–H groups in total. The van der Waals surface area contributed by atoms with Crippen LogP contribution in [0.5, 0.6) is 0 Å². The molecule has 398 valence electrons. The first kappa shape index (κ1) is 65.8. The van der Waals surface area contributed by atoms with Crippen LogP contribution in [0.4, 0.5) is 0 Å². The summed E-state index contributed by atoms with van der Waals surface area (Å²) in [7, 11) is 0. The Kier molecular flexibility index (Phi) is 54.8. The Hall–Kier alpha value is -3.15. The third-order valence-electron chi connectivity index (χ3n) is 12.7. The molecule has 69 heavy (non-hydrogen) atoms. The van der Waals surface area contributed by atoms with E-state index in [0.29, 0.717) is 19.3 Å². The molecular formula is C63H110O6. The quantitative estimate of drug-likeness (QED) is 0.0262. The van der Waals surface area contributed by atoms with Gasteiger partial charge < -0.3 is 14.2 Å². The lowest BCUT2D eigenvalue weighted by molar-refractivity contribution is -0.167. The van der Waals surface area contributed by atoms with Crippen molar-refractivity contribution < 1.29 is 28.6 Å². The van der Waals surface area contributed by atoms with E-state index in [4.69, 9.17) is 14.2 Å². The number of esters is 3. The molecule has 0 aliphatic heterocycles. The van der Waals surface area contributed by atoms with E-state index in [-0.39, 0.29) is 31.1 Å². The summed E-state index contributed by atoms with van der Waals surface area (Å²) in [5.41, 5.74) is 0. The topological polar surface area (TPSA) is 78.9 Å². The minimum Gasteiger partial charge on any atom is -0.462 e. The van der Waals surface area contributed by atoms with Crippen molar-refractivity contribution in [1.29, 1.82) is 0 Å². The highest BCUT2D eigenvalue weighted by Crippen LogP contribution is 2.16. The highest BCUT2D eigenvalue weighted by Gasteiger charge is 2.19. The number of unbranched alkanes of at least 4 members (excludes halogenated alkanes) is 30. The predicted molar refractivity (Wildman–Crippen MR) is 298 cm³/mol. The smallest absolute Gasteiger partial charge is 0.306 e. The number of carbonyl (C=O) groups is 3. The molecule has 1 atom stereocenters. The van der Waals surface area contributed by atoms with Gasteiger partial charge in [0.2, 0.25) is 0 Å². The highest BCUT2D eigenvalue weighted by molar-refractivity contribution is 5.71. The molecule has 6 heteroatoms. The van der Waals surface area contributed by atoms with Gasteiger partial charge in [-0.15, -0.1) is 0 Å². The second-order valence-electron chi connectivity index (χ2n) is 19.5. The number of ether oxygens (including phenoxy) is 3. The molecule has 1 unspecified atom stereocenters. The highest BCUT2D eigenvalue weighted by atomic mass is 16.6. The maximum absolute atomic E-state index is 12.9. The van der Waals surface area contributed by atoms with Gasteiger partial charge in [-0.2, -0.15) is 0 Å². The van der Waals surface area contributed by atoms with Crippen LogP contribution >= 0.6 is 0 Å². The van der Waals surface area contributed by atoms with E-state index in [1.54, 1.807) is 0 Å². The average Bonchev–Trinajstić information content (AvgIpc) is 3.35. The van der Waals surface area contributed by atoms with Gasteiger partial charge in [0.1, 0.15) is 13.2 Å². The van der Waals surface area contributed by atoms with Crippen LogP contribution in [-0.2, 0) is 28.6 Å². The Balaban J connectivity index is 4.42. The van der Waals surface area contributed by atoms with E-state index in [0.717, 1.165) is 96.3 Å². The summed E-state index contributed by atoms with van der Waals surface area (Å²) in [6.07, 6.45) is 73.2. The Bertz CT molecular complexity index is 1290. The van der Waals surface area contributed by atoms with E-state index in [2.05, 4.69) is 93.7 Å². The Morgan fingerprint density at radius 2 is 0.565 bits per heavy atom. The van der Waals surface area contributed by atoms with E-state index in [1.165, 1.54) is 154 Å². The molecule has 0 rings (SSSR count). The van der Waals surface area contributed by atoms with Crippen LogP contribution in [0, 0.1) is 0 Å². The van der Waals surface area contributed by atoms with Gasteiger partial charge in [-0.25, -0.2) is 0 Å². The second kappa shape index (κ2) is 57.4. The van der Waals surface area contributed by atoms with Crippen molar-refractivity contribution in [2.45, 2.75) is 297 Å². The Morgan fingerprint density at radius 3 is 0.884 bits per heavy atom. The minimum absolute atomic E-state index is 0.0853. The van der Waals surface area contributed by atoms with Gasteiger partial charge in [-0.3, -0.25) is 14.4 Å². The van der Waals surface area contributed by atoms with Gasteiger partial charge in [-0.1, -0.05) is 273 Å². The summed E-state index contributed by atoms with van der Waals surface area (Å²) in [4.78, 5) is 38.2. The van der Waals surface area contributed by atoms with Crippen molar-refractivity contribution in [2.24, 2.45) is 0 Å². The SMILES string of the molecule is CC/C=C\C/C=C\C/C=C\C/C=C\C/C=C\C/C=C\CCCCC(=O)OCC(COC(=O)CCCCCCCCCCCCCCC)OC(=O)CCCCCCCCCCCCCCCCCCC. The Labute approximate surface area is 427 Å². The van der Waals surface area contributed by atoms with Gasteiger partial charge in [0.15, 0.2) is 6.10 Å². The zero-order chi connectivity index (χ0) is 50.0. The first-order valence-electron chi connectivity index (χ1n) is 29.4. The molecule has 6 nitrogen and oxygen atoms in total. The molecule has 0 radical (unpaired) electrons. The molecule has 0 saturated carbocycles. The van der Waals surface area contributed by atoms with Crippen LogP contribution in [0.3, 0.4) is 0 Å². The van der Waals surface area contributed by atoms with Crippen LogP contribution in [0.2, 0.25) is 0 Å². The van der Waals surface area contributed by atoms with E-state index < -0.39 is 6.10 Å². The van der Waals surface area contributed by atoms with Gasteiger partial charge in [0.05, 0.1) is 0 Å². The first-order chi connectivity index (χ1) is 34.0. The maximum atomic E-state index is 12.9. The lowest BCUT2D eigenvalue weighted by atomic mass is 10.0. The fourth-order valence-corrected chi connectivity index (χ4v) is 8.33. The summed E-state index contributed by atoms with van der Waals surface area (Å²) in [6.45, 7) is 6.52. The average molecular weight is 964 g/mol. The molecular weight excluding hydrogens is 853 g/mol. The summed E-state index contributed by atoms with van der Waals surface area (Å²) in [5.74, 6) is -0.917. The molecule has 0 bridgehead atoms. The van der Waals surface area contributed by atoms with E-state index >= 15 is 0 Å². The van der Waals surface area contributed by atoms with Gasteiger partial charge >= 0.3 is 17.9 Å². The molecule has 0 aliphatic rings. The molecule has 0 saturated heterocycles. The third-order valence-corrected chi connectivity index (χ3v) is 12.7. The fraction of sp³-hybridized carbons (Fsp3) is 0.762. The van der Waals surface area contributed by atoms with Crippen molar-refractivity contribution in [3.8, 4) is 0 Å². The molecule has 0 spiro atoms. The molecule has 0 fully saturated rings. The molecule has 0 amide bonds. The zero-order valence-corrected chi connectivity index (χ0v) is 45.6. The van der Waals surface area contributed by atoms with E-state index in [9.17, 15) is 14.4 Å². The van der Waals surface area contributed by atoms with Crippen LogP contribution < -0.4 is 0 Å². The number of hydrogen-bond donors (Lipinski definition) is 0. The van der Waals surface area contributed by atoms with Gasteiger partial charge in [0, 0.05) is 19.3 Å². The maximum Gasteiger partial charge on any atom is 0.306 e. The zero-order valence-electron chi connectivity index (χ0n) is 45.6. The summed E-state index contributed by atoms with van der Waals surface area (Å²) in [5, 5.41) is 0. The number of allylic oxidation sites excluding steroid dienone is 12. The second-order valence-corrected chi connectivity index (χ2v) is 19.5. The summed E-state index contributed by atoms with van der Waals surface area (Å²) < 4.78 is 16.9. The first-order valence-corrected chi connectivity index (χ1v) is 29.4. The molecule has 0 aromatic heterocycles. The molecule has 0 aliphatic carbocycles. The number of rotatable bonds is 53. The number of hydrogen-bond acceptors (Lipinski definition) is 6. The van der Waals surface area contributed by atoms with Crippen LogP contribution in [0.1, 0.15) is 290 Å². The summed E-state index contributed by atoms with van der Waals surface area (Å²) >= 11 is 0. The molecule has 0 heterocycles. The third kappa shape index (κ3) is 55.6. The van der Waals surface area contributed by atoms with Crippen molar-refractivity contribution in [1.82, 2.24) is 0 Å². The monoisotopic (exact) mass is 963 g/mol. The van der Waals surface area contributed by atoms with E-state index in [1.807, 2.05) is 0 Å². The Morgan fingerprint density at radius 1 is 0.304 bits per heavy atom. The lowest BCUT2D eigenvalue weighted by Crippen LogP contribution is -2.30. The van der Waals surface area contributed by atoms with Crippen LogP contribution in [-0.4, -0.2) is 37.2 Å². The number of carbonyl (C=O) groups excluding carboxylic acids is 3. The van der Waals surface area contributed by atoms with Gasteiger partial charge in [-0.05, 0) is 70.6 Å². The van der Waals surface area contributed by atoms with Crippen LogP contribution in [0.25, 0.3) is 0 Å². The van der Waals surface area contributed by atoms with Crippen molar-refractivity contribution in [3.05, 3.63) is 72.9 Å². The van der Waals surface area contributed by atoms with Crippen molar-refractivity contribution in [3.63, 3.8) is 0 Å². The molecule has 0 aromatic rings. The molecule has 0 aromatic carbocycles. The predicted octanol–water partition coefficient (Wildman–Crippen LogP) is 19.8. The summed E-state index contributed by atoms with van der Waals surface area (Å²) in [6, 6.07) is 0. The lowest BCUT2D eigenvalue weighted by Gasteiger charge is -2.18. The standard InChI is InChI=1S/C63H110O6/c1-4-7-10-13-16-19-22-25-27-29-30-31-32-34-35-38-41-44-47-50-53-56-62(65)68-59-60(58-67-61(64)55-52-49-46-43-40-37-24-21-18-15-12-9-6-3)69-63(66)57-54-51-48-45-42-39-36-33-28-26-23-20-17-14-11-8-5-2/h7,10,16,19,25,27,30-31,34-35,41,44,60H,4-6,8-9,11-15,17-18,20-24,26,28-29,32-33,36-40,42-43,45-59H2,1-3H3/b10-7-,19-16-,27-25-,31-30-,35-34-,44-41-. The largest absolute Gasteiger partial charge is 0.462 e.